The van der Waals surface area contributed by atoms with Crippen molar-refractivity contribution in [2.45, 2.75) is 51.0 Å². The predicted octanol–water partition coefficient (Wildman–Crippen LogP) is 2.88. The molecule has 0 bridgehead atoms. The minimum Gasteiger partial charge on any atom is -0.342 e. The van der Waals surface area contributed by atoms with Crippen molar-refractivity contribution in [1.82, 2.24) is 9.80 Å². The zero-order chi connectivity index (χ0) is 16.1. The molecule has 2 aliphatic carbocycles. The van der Waals surface area contributed by atoms with Crippen molar-refractivity contribution >= 4 is 5.91 Å². The average molecular weight is 324 g/mol. The van der Waals surface area contributed by atoms with Gasteiger partial charge in [-0.1, -0.05) is 24.3 Å². The van der Waals surface area contributed by atoms with Gasteiger partial charge in [0, 0.05) is 25.7 Å². The van der Waals surface area contributed by atoms with Crippen molar-refractivity contribution in [3.63, 3.8) is 0 Å². The number of nitrogens with zero attached hydrogens (tertiary/aromatic N) is 2. The molecule has 5 rings (SSSR count). The van der Waals surface area contributed by atoms with Crippen LogP contribution in [0.1, 0.15) is 43.2 Å². The van der Waals surface area contributed by atoms with E-state index in [0.717, 1.165) is 44.9 Å². The maximum atomic E-state index is 13.2. The van der Waals surface area contributed by atoms with Gasteiger partial charge in [-0.2, -0.15) is 0 Å². The maximum Gasteiger partial charge on any atom is 0.230 e. The van der Waals surface area contributed by atoms with E-state index in [0.29, 0.717) is 11.9 Å². The number of carbonyl (C=O) groups excluding carboxylic acids is 1. The van der Waals surface area contributed by atoms with E-state index >= 15 is 0 Å². The van der Waals surface area contributed by atoms with Crippen molar-refractivity contribution in [1.29, 1.82) is 0 Å². The first-order valence-corrected chi connectivity index (χ1v) is 9.84. The molecule has 0 N–H and O–H groups in total. The monoisotopic (exact) mass is 324 g/mol. The van der Waals surface area contributed by atoms with Crippen LogP contribution in [0.25, 0.3) is 0 Å². The smallest absolute Gasteiger partial charge is 0.230 e. The van der Waals surface area contributed by atoms with Crippen LogP contribution in [0.5, 0.6) is 0 Å². The molecule has 1 aromatic carbocycles. The van der Waals surface area contributed by atoms with E-state index in [2.05, 4.69) is 34.1 Å². The van der Waals surface area contributed by atoms with Crippen molar-refractivity contribution in [3.05, 3.63) is 35.4 Å². The van der Waals surface area contributed by atoms with Gasteiger partial charge in [-0.3, -0.25) is 9.69 Å². The van der Waals surface area contributed by atoms with E-state index < -0.39 is 0 Å². The summed E-state index contributed by atoms with van der Waals surface area (Å²) in [6.45, 7) is 4.16. The molecule has 3 fully saturated rings. The topological polar surface area (TPSA) is 23.6 Å². The van der Waals surface area contributed by atoms with Crippen LogP contribution in [0.3, 0.4) is 0 Å². The highest BCUT2D eigenvalue weighted by atomic mass is 16.2. The zero-order valence-corrected chi connectivity index (χ0v) is 14.5. The second-order valence-electron chi connectivity index (χ2n) is 8.63. The van der Waals surface area contributed by atoms with Crippen LogP contribution >= 0.6 is 0 Å². The molecule has 0 aromatic heterocycles. The van der Waals surface area contributed by atoms with E-state index in [-0.39, 0.29) is 5.41 Å². The summed E-state index contributed by atoms with van der Waals surface area (Å²) in [6, 6.07) is 9.50. The molecule has 3 nitrogen and oxygen atoms in total. The summed E-state index contributed by atoms with van der Waals surface area (Å²) in [4.78, 5) is 18.0. The second kappa shape index (κ2) is 5.59. The summed E-state index contributed by atoms with van der Waals surface area (Å²) >= 11 is 0. The highest BCUT2D eigenvalue weighted by Gasteiger charge is 2.50. The van der Waals surface area contributed by atoms with E-state index in [4.69, 9.17) is 0 Å². The molecular weight excluding hydrogens is 296 g/mol. The van der Waals surface area contributed by atoms with Gasteiger partial charge in [0.1, 0.15) is 0 Å². The number of hydrogen-bond acceptors (Lipinski definition) is 2. The molecule has 1 saturated carbocycles. The van der Waals surface area contributed by atoms with E-state index in [1.807, 2.05) is 0 Å². The van der Waals surface area contributed by atoms with Crippen LogP contribution in [0.2, 0.25) is 0 Å². The van der Waals surface area contributed by atoms with Crippen LogP contribution in [0.15, 0.2) is 24.3 Å². The van der Waals surface area contributed by atoms with Gasteiger partial charge in [0.15, 0.2) is 0 Å². The first kappa shape index (κ1) is 14.9. The molecule has 2 saturated heterocycles. The number of piperidine rings is 1. The Morgan fingerprint density at radius 2 is 1.79 bits per heavy atom. The zero-order valence-electron chi connectivity index (χ0n) is 14.5. The first-order valence-electron chi connectivity index (χ1n) is 9.84. The molecule has 1 aromatic rings. The minimum atomic E-state index is -0.0537. The third kappa shape index (κ3) is 2.48. The fourth-order valence-corrected chi connectivity index (χ4v) is 5.33. The lowest BCUT2D eigenvalue weighted by Crippen LogP contribution is -2.51. The Hall–Kier alpha value is -1.35. The first-order chi connectivity index (χ1) is 11.7. The SMILES string of the molecule is O=C1N(CC2CC2)CCCC12CCN(C1Cc3ccccc3C1)C2. The van der Waals surface area contributed by atoms with Gasteiger partial charge < -0.3 is 4.90 Å². The number of likely N-dealkylation sites (tertiary alicyclic amines) is 2. The van der Waals surface area contributed by atoms with E-state index in [1.54, 1.807) is 0 Å². The van der Waals surface area contributed by atoms with Crippen molar-refractivity contribution < 1.29 is 4.79 Å². The Morgan fingerprint density at radius 3 is 2.50 bits per heavy atom. The van der Waals surface area contributed by atoms with Gasteiger partial charge >= 0.3 is 0 Å². The number of hydrogen-bond donors (Lipinski definition) is 0. The average Bonchev–Trinajstić information content (AvgIpc) is 3.15. The van der Waals surface area contributed by atoms with Gasteiger partial charge in [0.05, 0.1) is 5.41 Å². The Labute approximate surface area is 145 Å². The van der Waals surface area contributed by atoms with Gasteiger partial charge in [0.2, 0.25) is 5.91 Å². The third-order valence-electron chi connectivity index (χ3n) is 6.93. The quantitative estimate of drug-likeness (QED) is 0.853. The number of carbonyl (C=O) groups is 1. The molecule has 1 spiro atoms. The molecular formula is C21H28N2O. The summed E-state index contributed by atoms with van der Waals surface area (Å²) in [7, 11) is 0. The standard InChI is InChI=1S/C21H28N2O/c24-20-21(8-3-10-22(20)14-16-6-7-16)9-11-23(15-21)19-12-17-4-1-2-5-18(17)13-19/h1-2,4-5,16,19H,3,6-15H2. The molecule has 1 atom stereocenters. The summed E-state index contributed by atoms with van der Waals surface area (Å²) in [5.41, 5.74) is 2.99. The molecule has 4 aliphatic rings. The van der Waals surface area contributed by atoms with Gasteiger partial charge in [-0.15, -0.1) is 0 Å². The Kier molecular flexibility index (Phi) is 3.48. The summed E-state index contributed by atoms with van der Waals surface area (Å²) in [5, 5.41) is 0. The fraction of sp³-hybridized carbons (Fsp3) is 0.667. The molecule has 1 unspecified atom stereocenters. The third-order valence-corrected chi connectivity index (χ3v) is 6.93. The van der Waals surface area contributed by atoms with E-state index in [9.17, 15) is 4.79 Å². The van der Waals surface area contributed by atoms with Gasteiger partial charge in [-0.25, -0.2) is 0 Å². The molecule has 128 valence electrons. The number of amides is 1. The second-order valence-corrected chi connectivity index (χ2v) is 8.63. The largest absolute Gasteiger partial charge is 0.342 e. The maximum absolute atomic E-state index is 13.2. The lowest BCUT2D eigenvalue weighted by molar-refractivity contribution is -0.146. The van der Waals surface area contributed by atoms with Crippen LogP contribution in [-0.2, 0) is 17.6 Å². The minimum absolute atomic E-state index is 0.0537. The molecule has 2 aliphatic heterocycles. The number of rotatable bonds is 3. The Bertz CT molecular complexity index is 628. The molecule has 0 radical (unpaired) electrons. The van der Waals surface area contributed by atoms with Gasteiger partial charge in [-0.05, 0) is 68.5 Å². The number of fused-ring (bicyclic) bond motifs is 1. The fourth-order valence-electron chi connectivity index (χ4n) is 5.33. The Morgan fingerprint density at radius 1 is 1.04 bits per heavy atom. The number of benzene rings is 1. The summed E-state index contributed by atoms with van der Waals surface area (Å²) in [6.07, 6.45) is 8.42. The summed E-state index contributed by atoms with van der Waals surface area (Å²) in [5.74, 6) is 1.30. The van der Waals surface area contributed by atoms with E-state index in [1.165, 1.54) is 43.2 Å². The normalized spacial score (nSPS) is 31.2. The predicted molar refractivity (Wildman–Crippen MR) is 94.8 cm³/mol. The Balaban J connectivity index is 1.29. The summed E-state index contributed by atoms with van der Waals surface area (Å²) < 4.78 is 0. The molecule has 3 heteroatoms. The lowest BCUT2D eigenvalue weighted by Gasteiger charge is -2.40. The van der Waals surface area contributed by atoms with Crippen LogP contribution in [-0.4, -0.2) is 47.9 Å². The van der Waals surface area contributed by atoms with Crippen molar-refractivity contribution in [3.8, 4) is 0 Å². The van der Waals surface area contributed by atoms with Crippen LogP contribution in [0, 0.1) is 11.3 Å². The molecule has 1 amide bonds. The van der Waals surface area contributed by atoms with Gasteiger partial charge in [0.25, 0.3) is 0 Å². The highest BCUT2D eigenvalue weighted by molar-refractivity contribution is 5.84. The van der Waals surface area contributed by atoms with Crippen molar-refractivity contribution in [2.75, 3.05) is 26.2 Å². The highest BCUT2D eigenvalue weighted by Crippen LogP contribution is 2.43. The molecule has 2 heterocycles. The van der Waals surface area contributed by atoms with Crippen molar-refractivity contribution in [2.24, 2.45) is 11.3 Å². The van der Waals surface area contributed by atoms with Crippen LogP contribution < -0.4 is 0 Å². The molecule has 24 heavy (non-hydrogen) atoms. The lowest BCUT2D eigenvalue weighted by atomic mass is 9.78. The van der Waals surface area contributed by atoms with Crippen LogP contribution in [0.4, 0.5) is 0 Å².